The fourth-order valence-corrected chi connectivity index (χ4v) is 2.04. The predicted octanol–water partition coefficient (Wildman–Crippen LogP) is 0.671. The van der Waals surface area contributed by atoms with Gasteiger partial charge in [0.2, 0.25) is 4.77 Å². The molecule has 6 heteroatoms. The zero-order chi connectivity index (χ0) is 10.2. The minimum Gasteiger partial charge on any atom is -0.381 e. The van der Waals surface area contributed by atoms with E-state index < -0.39 is 5.66 Å². The molecule has 3 N–H and O–H groups in total. The second-order valence-corrected chi connectivity index (χ2v) is 4.01. The van der Waals surface area contributed by atoms with Gasteiger partial charge >= 0.3 is 0 Å². The van der Waals surface area contributed by atoms with Gasteiger partial charge in [0.1, 0.15) is 11.5 Å². The van der Waals surface area contributed by atoms with Crippen molar-refractivity contribution in [3.8, 4) is 0 Å². The molecule has 0 spiro atoms. The molecule has 1 aliphatic heterocycles. The molecule has 0 bridgehead atoms. The second-order valence-electron chi connectivity index (χ2n) is 3.64. The molecule has 5 nitrogen and oxygen atoms in total. The van der Waals surface area contributed by atoms with E-state index in [1.54, 1.807) is 4.68 Å². The zero-order valence-electron chi connectivity index (χ0n) is 8.12. The van der Waals surface area contributed by atoms with E-state index in [-0.39, 0.29) is 0 Å². The highest BCUT2D eigenvalue weighted by Crippen LogP contribution is 2.22. The number of nitrogens with zero attached hydrogens (tertiary/aromatic N) is 2. The molecule has 0 aromatic carbocycles. The first-order valence-corrected chi connectivity index (χ1v) is 5.05. The maximum atomic E-state index is 6.24. The van der Waals surface area contributed by atoms with Crippen molar-refractivity contribution in [2.24, 2.45) is 5.73 Å². The minimum atomic E-state index is -0.448. The summed E-state index contributed by atoms with van der Waals surface area (Å²) in [6.07, 6.45) is 1.53. The molecule has 0 saturated carbocycles. The predicted molar refractivity (Wildman–Crippen MR) is 54.4 cm³/mol. The van der Waals surface area contributed by atoms with E-state index in [0.717, 1.165) is 18.7 Å². The van der Waals surface area contributed by atoms with Crippen LogP contribution in [0.2, 0.25) is 0 Å². The first kappa shape index (κ1) is 9.82. The van der Waals surface area contributed by atoms with E-state index in [0.29, 0.717) is 18.0 Å². The molecule has 1 aliphatic rings. The first-order chi connectivity index (χ1) is 6.62. The molecule has 0 radical (unpaired) electrons. The van der Waals surface area contributed by atoms with Crippen LogP contribution in [0.5, 0.6) is 0 Å². The Morgan fingerprint density at radius 3 is 2.71 bits per heavy atom. The van der Waals surface area contributed by atoms with Gasteiger partial charge in [-0.2, -0.15) is 0 Å². The third kappa shape index (κ3) is 1.60. The minimum absolute atomic E-state index is 0.448. The van der Waals surface area contributed by atoms with Crippen LogP contribution in [0.25, 0.3) is 0 Å². The van der Waals surface area contributed by atoms with Gasteiger partial charge in [-0.05, 0) is 19.1 Å². The molecule has 2 heterocycles. The highest BCUT2D eigenvalue weighted by atomic mass is 32.1. The SMILES string of the molecule is Cc1nc(=S)n(C2(N)CCOCC2)[nH]1. The van der Waals surface area contributed by atoms with Crippen molar-refractivity contribution in [1.29, 1.82) is 0 Å². The third-order valence-electron chi connectivity index (χ3n) is 2.53. The third-order valence-corrected chi connectivity index (χ3v) is 2.81. The van der Waals surface area contributed by atoms with Gasteiger partial charge in [-0.3, -0.25) is 5.10 Å². The molecule has 1 fully saturated rings. The summed E-state index contributed by atoms with van der Waals surface area (Å²) in [5.74, 6) is 0.798. The quantitative estimate of drug-likeness (QED) is 0.674. The lowest BCUT2D eigenvalue weighted by Gasteiger charge is -2.33. The van der Waals surface area contributed by atoms with Gasteiger partial charge in [-0.1, -0.05) is 0 Å². The molecule has 0 aliphatic carbocycles. The largest absolute Gasteiger partial charge is 0.381 e. The maximum absolute atomic E-state index is 6.24. The van der Waals surface area contributed by atoms with Gasteiger partial charge in [0, 0.05) is 12.8 Å². The van der Waals surface area contributed by atoms with Gasteiger partial charge in [-0.15, -0.1) is 0 Å². The van der Waals surface area contributed by atoms with Crippen molar-refractivity contribution in [2.75, 3.05) is 13.2 Å². The van der Waals surface area contributed by atoms with Crippen molar-refractivity contribution >= 4 is 12.2 Å². The van der Waals surface area contributed by atoms with E-state index in [4.69, 9.17) is 22.7 Å². The molecule has 0 unspecified atom stereocenters. The number of nitrogens with one attached hydrogen (secondary N) is 1. The van der Waals surface area contributed by atoms with Crippen LogP contribution in [0.4, 0.5) is 0 Å². The molecular formula is C8H14N4OS. The average molecular weight is 214 g/mol. The summed E-state index contributed by atoms with van der Waals surface area (Å²) in [5, 5.41) is 3.08. The highest BCUT2D eigenvalue weighted by Gasteiger charge is 2.31. The van der Waals surface area contributed by atoms with Gasteiger partial charge in [0.05, 0.1) is 13.2 Å². The summed E-state index contributed by atoms with van der Waals surface area (Å²) in [4.78, 5) is 4.13. The van der Waals surface area contributed by atoms with E-state index in [9.17, 15) is 0 Å². The van der Waals surface area contributed by atoms with Crippen molar-refractivity contribution in [2.45, 2.75) is 25.4 Å². The standard InChI is InChI=1S/C8H14N4OS/c1-6-10-7(14)12(11-6)8(9)2-4-13-5-3-8/h2-5,9H2,1H3,(H,10,11,14). The van der Waals surface area contributed by atoms with Crippen molar-refractivity contribution in [1.82, 2.24) is 14.8 Å². The van der Waals surface area contributed by atoms with Crippen LogP contribution in [-0.4, -0.2) is 28.0 Å². The number of H-pyrrole nitrogens is 1. The smallest absolute Gasteiger partial charge is 0.217 e. The topological polar surface area (TPSA) is 68.9 Å². The van der Waals surface area contributed by atoms with Crippen LogP contribution in [0, 0.1) is 11.7 Å². The maximum Gasteiger partial charge on any atom is 0.217 e. The molecular weight excluding hydrogens is 200 g/mol. The molecule has 1 aromatic heterocycles. The van der Waals surface area contributed by atoms with Crippen molar-refractivity contribution in [3.63, 3.8) is 0 Å². The summed E-state index contributed by atoms with van der Waals surface area (Å²) < 4.78 is 7.57. The Bertz CT molecular complexity index is 377. The summed E-state index contributed by atoms with van der Waals surface area (Å²) in [5.41, 5.74) is 5.79. The molecule has 2 rings (SSSR count). The fraction of sp³-hybridized carbons (Fsp3) is 0.750. The number of aromatic nitrogens is 3. The monoisotopic (exact) mass is 214 g/mol. The van der Waals surface area contributed by atoms with E-state index in [1.165, 1.54) is 0 Å². The lowest BCUT2D eigenvalue weighted by Crippen LogP contribution is -2.48. The Morgan fingerprint density at radius 2 is 2.21 bits per heavy atom. The number of hydrogen-bond donors (Lipinski definition) is 2. The number of ether oxygens (including phenoxy) is 1. The average Bonchev–Trinajstić information content (AvgIpc) is 2.47. The summed E-state index contributed by atoms with van der Waals surface area (Å²) in [7, 11) is 0. The van der Waals surface area contributed by atoms with Crippen LogP contribution in [0.1, 0.15) is 18.7 Å². The number of aryl methyl sites for hydroxylation is 1. The summed E-state index contributed by atoms with van der Waals surface area (Å²) >= 11 is 5.13. The van der Waals surface area contributed by atoms with E-state index in [2.05, 4.69) is 10.1 Å². The van der Waals surface area contributed by atoms with E-state index in [1.807, 2.05) is 6.92 Å². The van der Waals surface area contributed by atoms with Gasteiger partial charge in [0.15, 0.2) is 0 Å². The van der Waals surface area contributed by atoms with Crippen LogP contribution >= 0.6 is 12.2 Å². The van der Waals surface area contributed by atoms with Crippen LogP contribution < -0.4 is 5.73 Å². The highest BCUT2D eigenvalue weighted by molar-refractivity contribution is 7.71. The normalized spacial score (nSPS) is 21.0. The Labute approximate surface area is 87.3 Å². The summed E-state index contributed by atoms with van der Waals surface area (Å²) in [6, 6.07) is 0. The molecule has 1 aromatic rings. The zero-order valence-corrected chi connectivity index (χ0v) is 8.93. The number of hydrogen-bond acceptors (Lipinski definition) is 4. The molecule has 0 amide bonds. The van der Waals surface area contributed by atoms with Crippen LogP contribution in [0.3, 0.4) is 0 Å². The van der Waals surface area contributed by atoms with Crippen LogP contribution in [0.15, 0.2) is 0 Å². The Hall–Kier alpha value is -0.720. The second kappa shape index (κ2) is 3.45. The Kier molecular flexibility index (Phi) is 2.42. The lowest BCUT2D eigenvalue weighted by molar-refractivity contribution is 0.0171. The number of rotatable bonds is 1. The van der Waals surface area contributed by atoms with Crippen molar-refractivity contribution < 1.29 is 4.74 Å². The van der Waals surface area contributed by atoms with E-state index >= 15 is 0 Å². The summed E-state index contributed by atoms with van der Waals surface area (Å²) in [6.45, 7) is 3.22. The number of aromatic amines is 1. The molecule has 78 valence electrons. The first-order valence-electron chi connectivity index (χ1n) is 4.65. The Balaban J connectivity index is 2.37. The van der Waals surface area contributed by atoms with Gasteiger partial charge in [0.25, 0.3) is 0 Å². The van der Waals surface area contributed by atoms with Crippen molar-refractivity contribution in [3.05, 3.63) is 10.6 Å². The fourth-order valence-electron chi connectivity index (χ4n) is 1.68. The lowest BCUT2D eigenvalue weighted by atomic mass is 10.0. The van der Waals surface area contributed by atoms with Crippen LogP contribution in [-0.2, 0) is 10.4 Å². The Morgan fingerprint density at radius 1 is 1.57 bits per heavy atom. The molecule has 14 heavy (non-hydrogen) atoms. The van der Waals surface area contributed by atoms with Gasteiger partial charge < -0.3 is 10.5 Å². The number of nitrogens with two attached hydrogens (primary N) is 1. The van der Waals surface area contributed by atoms with Gasteiger partial charge in [-0.25, -0.2) is 9.67 Å². The molecule has 1 saturated heterocycles. The molecule has 0 atom stereocenters.